The van der Waals surface area contributed by atoms with Gasteiger partial charge in [0.25, 0.3) is 5.91 Å². The smallest absolute Gasteiger partial charge is 0.255 e. The van der Waals surface area contributed by atoms with Gasteiger partial charge in [-0.25, -0.2) is 4.39 Å². The Labute approximate surface area is 140 Å². The Balaban J connectivity index is 3.05. The van der Waals surface area contributed by atoms with Crippen molar-refractivity contribution in [3.63, 3.8) is 0 Å². The molecule has 5 heteroatoms. The van der Waals surface area contributed by atoms with Gasteiger partial charge in [-0.3, -0.25) is 4.79 Å². The van der Waals surface area contributed by atoms with Crippen LogP contribution in [0, 0.1) is 5.82 Å². The third kappa shape index (κ3) is 5.27. The van der Waals surface area contributed by atoms with E-state index in [2.05, 4.69) is 28.2 Å². The van der Waals surface area contributed by atoms with Crippen molar-refractivity contribution in [2.45, 2.75) is 65.5 Å². The normalized spacial score (nSPS) is 12.3. The first-order valence-electron chi connectivity index (χ1n) is 7.89. The molecule has 0 fully saturated rings. The third-order valence-corrected chi connectivity index (χ3v) is 4.22. The summed E-state index contributed by atoms with van der Waals surface area (Å²) in [6.07, 6.45) is 3.51. The lowest BCUT2D eigenvalue weighted by atomic mass is 10.1. The number of hydrogen-bond acceptors (Lipinski definition) is 2. The predicted molar refractivity (Wildman–Crippen MR) is 90.9 cm³/mol. The highest BCUT2D eigenvalue weighted by Gasteiger charge is 2.19. The van der Waals surface area contributed by atoms with Crippen molar-refractivity contribution in [1.29, 1.82) is 0 Å². The van der Waals surface area contributed by atoms with Gasteiger partial charge in [0, 0.05) is 6.04 Å². The Morgan fingerprint density at radius 1 is 1.32 bits per heavy atom. The summed E-state index contributed by atoms with van der Waals surface area (Å²) >= 11 is 3.15. The molecule has 0 bridgehead atoms. The van der Waals surface area contributed by atoms with Crippen molar-refractivity contribution in [2.75, 3.05) is 0 Å². The van der Waals surface area contributed by atoms with Crippen LogP contribution in [0.15, 0.2) is 16.6 Å². The summed E-state index contributed by atoms with van der Waals surface area (Å²) in [6, 6.07) is 2.85. The minimum Gasteiger partial charge on any atom is -0.490 e. The van der Waals surface area contributed by atoms with Crippen LogP contribution >= 0.6 is 15.9 Å². The van der Waals surface area contributed by atoms with Gasteiger partial charge in [-0.2, -0.15) is 0 Å². The molecule has 0 aliphatic rings. The first-order valence-corrected chi connectivity index (χ1v) is 8.68. The molecule has 1 rings (SSSR count). The fourth-order valence-electron chi connectivity index (χ4n) is 2.24. The fourth-order valence-corrected chi connectivity index (χ4v) is 2.56. The van der Waals surface area contributed by atoms with Crippen molar-refractivity contribution in [2.24, 2.45) is 0 Å². The first kappa shape index (κ1) is 18.9. The topological polar surface area (TPSA) is 38.3 Å². The molecule has 0 radical (unpaired) electrons. The molecule has 1 N–H and O–H groups in total. The summed E-state index contributed by atoms with van der Waals surface area (Å²) in [7, 11) is 0. The maximum Gasteiger partial charge on any atom is 0.255 e. The number of halogens is 2. The van der Waals surface area contributed by atoms with E-state index in [9.17, 15) is 9.18 Å². The van der Waals surface area contributed by atoms with Crippen LogP contribution in [0.3, 0.4) is 0 Å². The molecule has 1 aromatic carbocycles. The van der Waals surface area contributed by atoms with Crippen LogP contribution in [0.4, 0.5) is 4.39 Å². The highest BCUT2D eigenvalue weighted by molar-refractivity contribution is 9.10. The molecule has 0 saturated heterocycles. The lowest BCUT2D eigenvalue weighted by molar-refractivity contribution is 0.0927. The Bertz CT molecular complexity index is 504. The molecule has 0 aliphatic heterocycles. The summed E-state index contributed by atoms with van der Waals surface area (Å²) in [5, 5.41) is 2.92. The van der Waals surface area contributed by atoms with Crippen LogP contribution < -0.4 is 10.1 Å². The summed E-state index contributed by atoms with van der Waals surface area (Å²) < 4.78 is 20.0. The second-order valence-corrected chi connectivity index (χ2v) is 6.32. The number of rotatable bonds is 8. The Hall–Kier alpha value is -1.10. The highest BCUT2D eigenvalue weighted by Crippen LogP contribution is 2.28. The van der Waals surface area contributed by atoms with Gasteiger partial charge >= 0.3 is 0 Å². The zero-order chi connectivity index (χ0) is 16.7. The van der Waals surface area contributed by atoms with Gasteiger partial charge in [0.1, 0.15) is 11.6 Å². The van der Waals surface area contributed by atoms with E-state index in [0.717, 1.165) is 25.7 Å². The zero-order valence-electron chi connectivity index (χ0n) is 13.7. The van der Waals surface area contributed by atoms with Crippen molar-refractivity contribution < 1.29 is 13.9 Å². The van der Waals surface area contributed by atoms with Crippen molar-refractivity contribution in [3.05, 3.63) is 28.0 Å². The van der Waals surface area contributed by atoms with E-state index in [0.29, 0.717) is 10.2 Å². The van der Waals surface area contributed by atoms with Crippen LogP contribution in [0.5, 0.6) is 5.75 Å². The van der Waals surface area contributed by atoms with Crippen molar-refractivity contribution in [3.8, 4) is 5.75 Å². The maximum atomic E-state index is 13.8. The predicted octanol–water partition coefficient (Wildman–Crippen LogP) is 5.07. The second kappa shape index (κ2) is 9.13. The lowest BCUT2D eigenvalue weighted by Gasteiger charge is -2.19. The molecule has 0 aliphatic carbocycles. The van der Waals surface area contributed by atoms with Crippen molar-refractivity contribution in [1.82, 2.24) is 5.32 Å². The molecule has 0 saturated carbocycles. The molecule has 0 spiro atoms. The number of nitrogens with one attached hydrogen (secondary N) is 1. The van der Waals surface area contributed by atoms with Gasteiger partial charge in [-0.15, -0.1) is 0 Å². The number of amides is 1. The minimum atomic E-state index is -0.467. The molecule has 0 heterocycles. The van der Waals surface area contributed by atoms with Gasteiger partial charge in [-0.05, 0) is 54.2 Å². The zero-order valence-corrected chi connectivity index (χ0v) is 15.3. The summed E-state index contributed by atoms with van der Waals surface area (Å²) in [5.41, 5.74) is 0.246. The first-order chi connectivity index (χ1) is 10.4. The van der Waals surface area contributed by atoms with E-state index < -0.39 is 5.82 Å². The standard InChI is InChI=1S/C17H25BrFNO2/c1-5-8-11(4)22-16-10-14(18)15(19)9-13(16)17(21)20-12(6-2)7-3/h9-12H,5-8H2,1-4H3,(H,20,21). The third-order valence-electron chi connectivity index (χ3n) is 3.61. The molecule has 1 unspecified atom stereocenters. The minimum absolute atomic E-state index is 0.0259. The fraction of sp³-hybridized carbons (Fsp3) is 0.588. The molecule has 1 aromatic rings. The van der Waals surface area contributed by atoms with Gasteiger partial charge in [-0.1, -0.05) is 27.2 Å². The van der Waals surface area contributed by atoms with Crippen LogP contribution in [-0.2, 0) is 0 Å². The van der Waals surface area contributed by atoms with Gasteiger partial charge in [0.2, 0.25) is 0 Å². The largest absolute Gasteiger partial charge is 0.490 e. The Kier molecular flexibility index (Phi) is 7.87. The van der Waals surface area contributed by atoms with E-state index in [1.807, 2.05) is 20.8 Å². The summed E-state index contributed by atoms with van der Waals surface area (Å²) in [6.45, 7) is 8.04. The number of hydrogen-bond donors (Lipinski definition) is 1. The number of carbonyl (C=O) groups is 1. The van der Waals surface area contributed by atoms with E-state index in [-0.39, 0.29) is 23.6 Å². The van der Waals surface area contributed by atoms with Crippen LogP contribution in [0.25, 0.3) is 0 Å². The maximum absolute atomic E-state index is 13.8. The van der Waals surface area contributed by atoms with E-state index in [1.165, 1.54) is 12.1 Å². The molecule has 124 valence electrons. The number of ether oxygens (including phenoxy) is 1. The quantitative estimate of drug-likeness (QED) is 0.690. The Morgan fingerprint density at radius 3 is 2.50 bits per heavy atom. The lowest BCUT2D eigenvalue weighted by Crippen LogP contribution is -2.34. The van der Waals surface area contributed by atoms with E-state index >= 15 is 0 Å². The average Bonchev–Trinajstić information content (AvgIpc) is 2.48. The molecule has 0 aromatic heterocycles. The summed E-state index contributed by atoms with van der Waals surface area (Å²) in [5.74, 6) is -0.346. The van der Waals surface area contributed by atoms with Gasteiger partial charge in [0.15, 0.2) is 0 Å². The highest BCUT2D eigenvalue weighted by atomic mass is 79.9. The monoisotopic (exact) mass is 373 g/mol. The molecular weight excluding hydrogens is 349 g/mol. The number of carbonyl (C=O) groups excluding carboxylic acids is 1. The Morgan fingerprint density at radius 2 is 1.95 bits per heavy atom. The van der Waals surface area contributed by atoms with Gasteiger partial charge in [0.05, 0.1) is 16.1 Å². The molecular formula is C17H25BrFNO2. The SMILES string of the molecule is CCCC(C)Oc1cc(Br)c(F)cc1C(=O)NC(CC)CC. The van der Waals surface area contributed by atoms with E-state index in [1.54, 1.807) is 0 Å². The summed E-state index contributed by atoms with van der Waals surface area (Å²) in [4.78, 5) is 12.4. The average molecular weight is 374 g/mol. The molecule has 22 heavy (non-hydrogen) atoms. The van der Waals surface area contributed by atoms with Crippen molar-refractivity contribution >= 4 is 21.8 Å². The van der Waals surface area contributed by atoms with Crippen LogP contribution in [0.2, 0.25) is 0 Å². The number of benzene rings is 1. The van der Waals surface area contributed by atoms with E-state index in [4.69, 9.17) is 4.74 Å². The van der Waals surface area contributed by atoms with Crippen LogP contribution in [-0.4, -0.2) is 18.1 Å². The molecule has 1 atom stereocenters. The van der Waals surface area contributed by atoms with Gasteiger partial charge < -0.3 is 10.1 Å². The molecule has 3 nitrogen and oxygen atoms in total. The van der Waals surface area contributed by atoms with Crippen LogP contribution in [0.1, 0.15) is 63.7 Å². The molecule has 1 amide bonds. The second-order valence-electron chi connectivity index (χ2n) is 5.47.